The summed E-state index contributed by atoms with van der Waals surface area (Å²) in [5.74, 6) is -0.0533. The molecule has 8 heteroatoms. The van der Waals surface area contributed by atoms with Gasteiger partial charge in [-0.1, -0.05) is 4.73 Å². The quantitative estimate of drug-likeness (QED) is 0.581. The van der Waals surface area contributed by atoms with Gasteiger partial charge in [-0.25, -0.2) is 4.79 Å². The molecular formula is C5H7N3O4S. The lowest BCUT2D eigenvalue weighted by atomic mass is 10.4. The van der Waals surface area contributed by atoms with Crippen LogP contribution in [-0.4, -0.2) is 18.5 Å². The number of rotatable bonds is 2. The van der Waals surface area contributed by atoms with E-state index in [9.17, 15) is 9.00 Å². The minimum atomic E-state index is -2.60. The van der Waals surface area contributed by atoms with E-state index in [2.05, 4.69) is 9.27 Å². The first-order valence-electron chi connectivity index (χ1n) is 3.16. The van der Waals surface area contributed by atoms with Gasteiger partial charge in [0.05, 0.1) is 0 Å². The Labute approximate surface area is 75.6 Å². The second-order valence-electron chi connectivity index (χ2n) is 2.20. The highest BCUT2D eigenvalue weighted by molar-refractivity contribution is 7.74. The summed E-state index contributed by atoms with van der Waals surface area (Å²) in [6.07, 6.45) is 1.25. The number of aromatic nitrogens is 2. The third-order valence-corrected chi connectivity index (χ3v) is 1.58. The predicted molar refractivity (Wildman–Crippen MR) is 45.0 cm³/mol. The highest BCUT2D eigenvalue weighted by atomic mass is 32.2. The largest absolute Gasteiger partial charge is 0.383 e. The van der Waals surface area contributed by atoms with Crippen molar-refractivity contribution in [1.82, 2.24) is 9.71 Å². The molecule has 1 rings (SSSR count). The van der Waals surface area contributed by atoms with Crippen LogP contribution in [0.3, 0.4) is 0 Å². The van der Waals surface area contributed by atoms with E-state index in [1.165, 1.54) is 6.20 Å². The summed E-state index contributed by atoms with van der Waals surface area (Å²) in [5.41, 5.74) is 5.02. The average molecular weight is 205 g/mol. The fourth-order valence-corrected chi connectivity index (χ4v) is 0.941. The van der Waals surface area contributed by atoms with Gasteiger partial charge in [-0.2, -0.15) is 9.19 Å². The summed E-state index contributed by atoms with van der Waals surface area (Å²) >= 11 is -2.60. The molecule has 1 heterocycles. The van der Waals surface area contributed by atoms with Crippen LogP contribution in [-0.2, 0) is 11.4 Å². The first-order valence-corrected chi connectivity index (χ1v) is 4.19. The van der Waals surface area contributed by atoms with Crippen molar-refractivity contribution >= 4 is 17.2 Å². The standard InChI is InChI=1S/C5H7N3O4S/c1-3-2-7-5(9)8(4(3)6)12-13(10)11/h2H,6H2,1H3,(H,10,11). The molecule has 0 bridgehead atoms. The smallest absolute Gasteiger partial charge is 0.382 e. The molecular weight excluding hydrogens is 198 g/mol. The molecule has 7 nitrogen and oxygen atoms in total. The molecule has 0 aliphatic carbocycles. The minimum absolute atomic E-state index is 0.0533. The molecule has 1 unspecified atom stereocenters. The third kappa shape index (κ3) is 2.04. The lowest BCUT2D eigenvalue weighted by molar-refractivity contribution is 0.259. The van der Waals surface area contributed by atoms with Gasteiger partial charge in [0.25, 0.3) is 0 Å². The molecule has 0 fully saturated rings. The first kappa shape index (κ1) is 9.68. The van der Waals surface area contributed by atoms with Gasteiger partial charge in [-0.05, 0) is 6.92 Å². The Bertz CT molecular complexity index is 401. The molecule has 72 valence electrons. The number of nitrogen functional groups attached to an aromatic ring is 1. The van der Waals surface area contributed by atoms with Crippen LogP contribution in [0.5, 0.6) is 0 Å². The van der Waals surface area contributed by atoms with Crippen molar-refractivity contribution in [2.75, 3.05) is 5.73 Å². The molecule has 3 N–H and O–H groups in total. The van der Waals surface area contributed by atoms with E-state index in [0.29, 0.717) is 10.3 Å². The Morgan fingerprint density at radius 2 is 2.38 bits per heavy atom. The fourth-order valence-electron chi connectivity index (χ4n) is 0.670. The predicted octanol–water partition coefficient (Wildman–Crippen LogP) is -1.30. The number of anilines is 1. The average Bonchev–Trinajstić information content (AvgIpc) is 2.05. The molecule has 0 aromatic carbocycles. The number of nitrogens with zero attached hydrogens (tertiary/aromatic N) is 2. The van der Waals surface area contributed by atoms with Crippen LogP contribution in [0.1, 0.15) is 5.56 Å². The van der Waals surface area contributed by atoms with E-state index in [-0.39, 0.29) is 5.82 Å². The van der Waals surface area contributed by atoms with Crippen LogP contribution in [0, 0.1) is 6.92 Å². The fraction of sp³-hybridized carbons (Fsp3) is 0.200. The first-order chi connectivity index (χ1) is 6.02. The summed E-state index contributed by atoms with van der Waals surface area (Å²) in [6, 6.07) is 0. The Balaban J connectivity index is 3.25. The third-order valence-electron chi connectivity index (χ3n) is 1.30. The highest BCUT2D eigenvalue weighted by Crippen LogP contribution is 2.02. The van der Waals surface area contributed by atoms with E-state index >= 15 is 0 Å². The van der Waals surface area contributed by atoms with Gasteiger partial charge >= 0.3 is 17.1 Å². The molecule has 0 amide bonds. The van der Waals surface area contributed by atoms with Crippen molar-refractivity contribution in [1.29, 1.82) is 0 Å². The Kier molecular flexibility index (Phi) is 2.63. The minimum Gasteiger partial charge on any atom is -0.382 e. The Hall–Kier alpha value is -1.41. The van der Waals surface area contributed by atoms with Gasteiger partial charge in [0.15, 0.2) is 5.82 Å². The zero-order chi connectivity index (χ0) is 10.0. The van der Waals surface area contributed by atoms with Crippen molar-refractivity contribution < 1.29 is 13.0 Å². The molecule has 1 aromatic heterocycles. The highest BCUT2D eigenvalue weighted by Gasteiger charge is 2.07. The molecule has 0 aliphatic heterocycles. The van der Waals surface area contributed by atoms with E-state index in [1.807, 2.05) is 0 Å². The van der Waals surface area contributed by atoms with Crippen LogP contribution in [0.25, 0.3) is 0 Å². The molecule has 13 heavy (non-hydrogen) atoms. The molecule has 1 atom stereocenters. The van der Waals surface area contributed by atoms with Crippen LogP contribution in [0.15, 0.2) is 11.0 Å². The normalized spacial score (nSPS) is 12.5. The monoisotopic (exact) mass is 205 g/mol. The molecule has 0 aliphatic rings. The van der Waals surface area contributed by atoms with Crippen LogP contribution in [0.4, 0.5) is 5.82 Å². The lowest BCUT2D eigenvalue weighted by Crippen LogP contribution is -2.32. The second-order valence-corrected chi connectivity index (χ2v) is 2.78. The van der Waals surface area contributed by atoms with E-state index in [4.69, 9.17) is 10.3 Å². The Morgan fingerprint density at radius 3 is 2.92 bits per heavy atom. The maximum absolute atomic E-state index is 10.9. The lowest BCUT2D eigenvalue weighted by Gasteiger charge is -2.06. The van der Waals surface area contributed by atoms with E-state index in [1.54, 1.807) is 6.92 Å². The maximum Gasteiger partial charge on any atom is 0.383 e. The topological polar surface area (TPSA) is 107 Å². The molecule has 0 radical (unpaired) electrons. The van der Waals surface area contributed by atoms with Crippen LogP contribution < -0.4 is 15.7 Å². The van der Waals surface area contributed by atoms with Crippen molar-refractivity contribution in [2.45, 2.75) is 6.92 Å². The summed E-state index contributed by atoms with van der Waals surface area (Å²) in [4.78, 5) is 14.3. The van der Waals surface area contributed by atoms with Gasteiger partial charge in [-0.15, -0.1) is 0 Å². The van der Waals surface area contributed by atoms with Crippen molar-refractivity contribution in [3.63, 3.8) is 0 Å². The Morgan fingerprint density at radius 1 is 1.77 bits per heavy atom. The summed E-state index contributed by atoms with van der Waals surface area (Å²) in [5, 5.41) is 0. The van der Waals surface area contributed by atoms with Crippen LogP contribution >= 0.6 is 0 Å². The van der Waals surface area contributed by atoms with Crippen molar-refractivity contribution in [3.8, 4) is 0 Å². The number of hydrogen-bond donors (Lipinski definition) is 2. The molecule has 0 saturated heterocycles. The number of nitrogens with two attached hydrogens (primary N) is 1. The van der Waals surface area contributed by atoms with Gasteiger partial charge in [0.1, 0.15) is 0 Å². The van der Waals surface area contributed by atoms with Gasteiger partial charge < -0.3 is 5.73 Å². The number of aryl methyl sites for hydroxylation is 1. The molecule has 1 aromatic rings. The van der Waals surface area contributed by atoms with E-state index < -0.39 is 17.1 Å². The summed E-state index contributed by atoms with van der Waals surface area (Å²) in [7, 11) is 0. The van der Waals surface area contributed by atoms with Gasteiger partial charge in [-0.3, -0.25) is 8.84 Å². The van der Waals surface area contributed by atoms with Crippen LogP contribution in [0.2, 0.25) is 0 Å². The maximum atomic E-state index is 10.9. The number of hydrogen-bond acceptors (Lipinski definition) is 5. The SMILES string of the molecule is Cc1cnc(=O)n(OS(=O)O)c1N. The van der Waals surface area contributed by atoms with Crippen molar-refractivity contribution in [2.24, 2.45) is 0 Å². The van der Waals surface area contributed by atoms with E-state index in [0.717, 1.165) is 0 Å². The molecule has 0 spiro atoms. The zero-order valence-electron chi connectivity index (χ0n) is 6.63. The summed E-state index contributed by atoms with van der Waals surface area (Å²) < 4.78 is 23.2. The molecule has 0 saturated carbocycles. The summed E-state index contributed by atoms with van der Waals surface area (Å²) in [6.45, 7) is 1.59. The second kappa shape index (κ2) is 3.54. The van der Waals surface area contributed by atoms with Gasteiger partial charge in [0.2, 0.25) is 0 Å². The zero-order valence-corrected chi connectivity index (χ0v) is 7.45. The van der Waals surface area contributed by atoms with Gasteiger partial charge in [0, 0.05) is 11.8 Å². The van der Waals surface area contributed by atoms with Crippen molar-refractivity contribution in [3.05, 3.63) is 22.2 Å².